The zero-order valence-electron chi connectivity index (χ0n) is 15.5. The molecule has 0 saturated heterocycles. The highest BCUT2D eigenvalue weighted by atomic mass is 19.4. The van der Waals surface area contributed by atoms with Crippen molar-refractivity contribution in [2.75, 3.05) is 19.5 Å². The van der Waals surface area contributed by atoms with Crippen LogP contribution in [-0.2, 0) is 4.79 Å². The van der Waals surface area contributed by atoms with Crippen molar-refractivity contribution >= 4 is 11.9 Å². The topological polar surface area (TPSA) is 89.1 Å². The summed E-state index contributed by atoms with van der Waals surface area (Å²) in [6, 6.07) is 5.06. The van der Waals surface area contributed by atoms with E-state index in [0.717, 1.165) is 0 Å². The van der Waals surface area contributed by atoms with Crippen molar-refractivity contribution in [1.29, 1.82) is 0 Å². The summed E-state index contributed by atoms with van der Waals surface area (Å²) >= 11 is 0. The molecular weight excluding hydrogens is 377 g/mol. The second-order valence-electron chi connectivity index (χ2n) is 6.60. The molecule has 0 radical (unpaired) electrons. The molecule has 2 atom stereocenters. The maximum absolute atomic E-state index is 13.2. The molecular formula is C18H21F3N4O3. The molecule has 1 saturated carbocycles. The number of carbonyl (C=O) groups excluding carboxylic acids is 1. The van der Waals surface area contributed by atoms with Crippen LogP contribution in [0.1, 0.15) is 25.7 Å². The molecule has 10 heteroatoms. The number of nitrogens with zero attached hydrogens (tertiary/aromatic N) is 2. The summed E-state index contributed by atoms with van der Waals surface area (Å²) in [5, 5.41) is 8.97. The van der Waals surface area contributed by atoms with Crippen molar-refractivity contribution in [2.45, 2.75) is 31.9 Å². The zero-order chi connectivity index (χ0) is 20.3. The zero-order valence-corrected chi connectivity index (χ0v) is 15.5. The Morgan fingerprint density at radius 1 is 1.21 bits per heavy atom. The van der Waals surface area contributed by atoms with E-state index in [9.17, 15) is 18.0 Å². The van der Waals surface area contributed by atoms with Crippen molar-refractivity contribution in [2.24, 2.45) is 11.8 Å². The highest BCUT2D eigenvalue weighted by Crippen LogP contribution is 2.42. The van der Waals surface area contributed by atoms with E-state index in [-0.39, 0.29) is 18.8 Å². The molecule has 7 nitrogen and oxygen atoms in total. The number of methoxy groups -OCH3 is 2. The number of hydrogen-bond donors (Lipinski definition) is 2. The van der Waals surface area contributed by atoms with Gasteiger partial charge in [0.15, 0.2) is 5.82 Å². The van der Waals surface area contributed by atoms with Crippen LogP contribution in [0.4, 0.5) is 19.1 Å². The molecule has 2 aromatic rings. The first kappa shape index (κ1) is 20.0. The fraction of sp³-hybridized carbons (Fsp3) is 0.500. The van der Waals surface area contributed by atoms with Gasteiger partial charge in [-0.05, 0) is 25.0 Å². The van der Waals surface area contributed by atoms with Gasteiger partial charge in [-0.1, -0.05) is 12.8 Å². The summed E-state index contributed by atoms with van der Waals surface area (Å²) in [7, 11) is 3.01. The molecule has 3 rings (SSSR count). The minimum absolute atomic E-state index is 0.0378. The summed E-state index contributed by atoms with van der Waals surface area (Å²) in [5.74, 6) is -2.20. The molecule has 1 heterocycles. The van der Waals surface area contributed by atoms with Gasteiger partial charge in [0.25, 0.3) is 0 Å². The summed E-state index contributed by atoms with van der Waals surface area (Å²) in [4.78, 5) is 16.6. The maximum atomic E-state index is 13.2. The molecule has 1 aromatic heterocycles. The number of alkyl halides is 3. The average molecular weight is 398 g/mol. The van der Waals surface area contributed by atoms with E-state index in [1.165, 1.54) is 14.2 Å². The lowest BCUT2D eigenvalue weighted by molar-refractivity contribution is -0.197. The Balaban J connectivity index is 1.77. The molecule has 1 amide bonds. The number of anilines is 1. The number of halogens is 3. The Bertz CT molecular complexity index is 838. The van der Waals surface area contributed by atoms with Gasteiger partial charge in [0.05, 0.1) is 25.7 Å². The Hall–Kier alpha value is -2.78. The van der Waals surface area contributed by atoms with Gasteiger partial charge in [0.2, 0.25) is 11.9 Å². The number of hydrogen-bond acceptors (Lipinski definition) is 5. The quantitative estimate of drug-likeness (QED) is 0.800. The molecule has 0 spiro atoms. The summed E-state index contributed by atoms with van der Waals surface area (Å²) in [6.45, 7) is 0. The molecule has 0 unspecified atom stereocenters. The molecule has 1 fully saturated rings. The Kier molecular flexibility index (Phi) is 5.76. The number of ether oxygens (including phenoxy) is 2. The first-order chi connectivity index (χ1) is 13.3. The molecule has 1 aliphatic carbocycles. The van der Waals surface area contributed by atoms with Crippen LogP contribution < -0.4 is 14.8 Å². The third kappa shape index (κ3) is 4.20. The molecule has 0 bridgehead atoms. The maximum Gasteiger partial charge on any atom is 0.392 e. The number of aromatic nitrogens is 3. The lowest BCUT2D eigenvalue weighted by Crippen LogP contribution is -2.39. The Morgan fingerprint density at radius 2 is 1.96 bits per heavy atom. The second kappa shape index (κ2) is 8.07. The number of amides is 1. The van der Waals surface area contributed by atoms with Crippen LogP contribution in [0.5, 0.6) is 11.5 Å². The van der Waals surface area contributed by atoms with Gasteiger partial charge >= 0.3 is 6.18 Å². The molecule has 152 valence electrons. The predicted octanol–water partition coefficient (Wildman–Crippen LogP) is 3.80. The van der Waals surface area contributed by atoms with Crippen molar-refractivity contribution < 1.29 is 27.4 Å². The van der Waals surface area contributed by atoms with E-state index >= 15 is 0 Å². The van der Waals surface area contributed by atoms with Gasteiger partial charge in [0, 0.05) is 12.0 Å². The van der Waals surface area contributed by atoms with Crippen molar-refractivity contribution in [3.8, 4) is 22.9 Å². The van der Waals surface area contributed by atoms with Crippen molar-refractivity contribution in [3.05, 3.63) is 18.2 Å². The average Bonchev–Trinajstić information content (AvgIpc) is 3.14. The Morgan fingerprint density at radius 3 is 2.64 bits per heavy atom. The van der Waals surface area contributed by atoms with Gasteiger partial charge in [0.1, 0.15) is 11.5 Å². The van der Waals surface area contributed by atoms with Gasteiger partial charge in [-0.2, -0.15) is 18.2 Å². The van der Waals surface area contributed by atoms with Crippen molar-refractivity contribution in [3.63, 3.8) is 0 Å². The van der Waals surface area contributed by atoms with E-state index in [4.69, 9.17) is 9.47 Å². The smallest absolute Gasteiger partial charge is 0.392 e. The van der Waals surface area contributed by atoms with Crippen LogP contribution >= 0.6 is 0 Å². The normalized spacial score (nSPS) is 19.9. The number of carbonyl (C=O) groups is 1. The van der Waals surface area contributed by atoms with E-state index in [1.807, 2.05) is 0 Å². The standard InChI is InChI=1S/C18H21F3N4O3/c1-27-10-7-8-12(14(9-10)28-2)15-22-17(25-24-15)23-16(26)11-5-3-4-6-13(11)18(19,20)21/h7-9,11,13H,3-6H2,1-2H3,(H2,22,23,24,25,26)/t11-,13-/m1/s1. The number of rotatable bonds is 5. The highest BCUT2D eigenvalue weighted by Gasteiger charge is 2.48. The summed E-state index contributed by atoms with van der Waals surface area (Å²) in [5.41, 5.74) is 0.571. The van der Waals surface area contributed by atoms with Gasteiger partial charge in [-0.25, -0.2) is 0 Å². The number of nitrogens with one attached hydrogen (secondary N) is 2. The van der Waals surface area contributed by atoms with Crippen LogP contribution in [0.3, 0.4) is 0 Å². The second-order valence-corrected chi connectivity index (χ2v) is 6.60. The molecule has 0 aliphatic heterocycles. The minimum atomic E-state index is -4.40. The van der Waals surface area contributed by atoms with E-state index in [1.54, 1.807) is 18.2 Å². The minimum Gasteiger partial charge on any atom is -0.497 e. The molecule has 1 aliphatic rings. The number of H-pyrrole nitrogens is 1. The van der Waals surface area contributed by atoms with Crippen LogP contribution in [0.25, 0.3) is 11.4 Å². The van der Waals surface area contributed by atoms with Crippen LogP contribution in [0, 0.1) is 11.8 Å². The monoisotopic (exact) mass is 398 g/mol. The summed E-state index contributed by atoms with van der Waals surface area (Å²) in [6.07, 6.45) is -3.19. The molecule has 28 heavy (non-hydrogen) atoms. The van der Waals surface area contributed by atoms with E-state index in [2.05, 4.69) is 20.5 Å². The first-order valence-electron chi connectivity index (χ1n) is 8.86. The van der Waals surface area contributed by atoms with Crippen LogP contribution in [0.2, 0.25) is 0 Å². The Labute approximate surface area is 159 Å². The third-order valence-electron chi connectivity index (χ3n) is 4.91. The van der Waals surface area contributed by atoms with Crippen molar-refractivity contribution in [1.82, 2.24) is 15.2 Å². The predicted molar refractivity (Wildman–Crippen MR) is 95.1 cm³/mol. The SMILES string of the molecule is COc1ccc(-c2nc(NC(=O)[C@@H]3CCCC[C@H]3C(F)(F)F)n[nH]2)c(OC)c1. The van der Waals surface area contributed by atoms with Crippen LogP contribution in [-0.4, -0.2) is 41.5 Å². The van der Waals surface area contributed by atoms with Crippen LogP contribution in [0.15, 0.2) is 18.2 Å². The highest BCUT2D eigenvalue weighted by molar-refractivity contribution is 5.91. The van der Waals surface area contributed by atoms with Gasteiger partial charge < -0.3 is 9.47 Å². The fourth-order valence-corrected chi connectivity index (χ4v) is 3.47. The largest absolute Gasteiger partial charge is 0.497 e. The molecule has 2 N–H and O–H groups in total. The third-order valence-corrected chi connectivity index (χ3v) is 4.91. The fourth-order valence-electron chi connectivity index (χ4n) is 3.47. The summed E-state index contributed by atoms with van der Waals surface area (Å²) < 4.78 is 50.1. The van der Waals surface area contributed by atoms with E-state index in [0.29, 0.717) is 35.7 Å². The lowest BCUT2D eigenvalue weighted by atomic mass is 9.78. The van der Waals surface area contributed by atoms with E-state index < -0.39 is 23.9 Å². The molecule has 1 aromatic carbocycles. The number of benzene rings is 1. The number of aromatic amines is 1. The van der Waals surface area contributed by atoms with Gasteiger partial charge in [-0.15, -0.1) is 5.10 Å². The van der Waals surface area contributed by atoms with Gasteiger partial charge in [-0.3, -0.25) is 15.2 Å². The first-order valence-corrected chi connectivity index (χ1v) is 8.86. The lowest BCUT2D eigenvalue weighted by Gasteiger charge is -2.31.